The first-order valence-corrected chi connectivity index (χ1v) is 12.6. The van der Waals surface area contributed by atoms with Gasteiger partial charge >= 0.3 is 5.97 Å². The molecular formula is C21H21ClN2O4S2. The van der Waals surface area contributed by atoms with Crippen LogP contribution in [0.2, 0.25) is 5.02 Å². The number of aliphatic carboxylic acids is 1. The molecule has 0 radical (unpaired) electrons. The molecule has 0 spiro atoms. The van der Waals surface area contributed by atoms with Gasteiger partial charge in [-0.15, -0.1) is 0 Å². The first kappa shape index (κ1) is 21.2. The Bertz CT molecular complexity index is 1270. The van der Waals surface area contributed by atoms with Crippen molar-refractivity contribution < 1.29 is 18.3 Å². The van der Waals surface area contributed by atoms with E-state index in [1.54, 1.807) is 0 Å². The molecule has 0 amide bonds. The Balaban J connectivity index is 2.02. The van der Waals surface area contributed by atoms with E-state index >= 15 is 0 Å². The molecule has 0 aliphatic carbocycles. The van der Waals surface area contributed by atoms with Crippen LogP contribution in [0.25, 0.3) is 11.0 Å². The summed E-state index contributed by atoms with van der Waals surface area (Å²) in [6.07, 6.45) is 4.24. The van der Waals surface area contributed by atoms with Gasteiger partial charge in [0.2, 0.25) is 0 Å². The van der Waals surface area contributed by atoms with Crippen molar-refractivity contribution in [1.82, 2.24) is 9.55 Å². The fourth-order valence-corrected chi connectivity index (χ4v) is 6.47. The number of pyridine rings is 1. The number of sulfone groups is 1. The van der Waals surface area contributed by atoms with Gasteiger partial charge < -0.3 is 9.67 Å². The molecule has 1 unspecified atom stereocenters. The molecule has 0 saturated carbocycles. The third-order valence-electron chi connectivity index (χ3n) is 5.40. The van der Waals surface area contributed by atoms with Gasteiger partial charge in [0, 0.05) is 45.4 Å². The van der Waals surface area contributed by atoms with E-state index in [9.17, 15) is 18.3 Å². The minimum Gasteiger partial charge on any atom is -0.481 e. The number of benzene rings is 1. The van der Waals surface area contributed by atoms with Crippen molar-refractivity contribution in [3.8, 4) is 0 Å². The molecule has 1 N–H and O–H groups in total. The van der Waals surface area contributed by atoms with Crippen molar-refractivity contribution in [1.29, 1.82) is 0 Å². The number of fused-ring (bicyclic) bond motifs is 3. The monoisotopic (exact) mass is 464 g/mol. The van der Waals surface area contributed by atoms with E-state index < -0.39 is 15.8 Å². The van der Waals surface area contributed by atoms with Crippen LogP contribution in [0, 0.1) is 6.92 Å². The molecule has 2 aromatic heterocycles. The lowest BCUT2D eigenvalue weighted by Crippen LogP contribution is -2.18. The predicted molar refractivity (Wildman–Crippen MR) is 117 cm³/mol. The minimum atomic E-state index is -3.51. The zero-order valence-corrected chi connectivity index (χ0v) is 18.9. The second-order valence-electron chi connectivity index (χ2n) is 7.60. The average molecular weight is 465 g/mol. The van der Waals surface area contributed by atoms with Crippen LogP contribution in [0.1, 0.15) is 36.4 Å². The van der Waals surface area contributed by atoms with E-state index in [-0.39, 0.29) is 17.2 Å². The quantitative estimate of drug-likeness (QED) is 0.577. The molecule has 9 heteroatoms. The van der Waals surface area contributed by atoms with Crippen molar-refractivity contribution in [2.75, 3.05) is 6.26 Å². The lowest BCUT2D eigenvalue weighted by Gasteiger charge is -2.25. The van der Waals surface area contributed by atoms with Crippen LogP contribution in [0.15, 0.2) is 45.1 Å². The number of carboxylic acids is 1. The number of aromatic nitrogens is 2. The summed E-state index contributed by atoms with van der Waals surface area (Å²) in [5.74, 6) is -1.08. The molecule has 3 aromatic rings. The SMILES string of the molecule is Cc1ccc(Sc2c3n(c4nccc(S(C)(=O)=O)c24)CCCC3CC(=O)O)cc1Cl. The molecule has 4 rings (SSSR count). The Morgan fingerprint density at radius 2 is 2.13 bits per heavy atom. The van der Waals surface area contributed by atoms with Crippen molar-refractivity contribution in [2.24, 2.45) is 0 Å². The number of carboxylic acid groups (broad SMARTS) is 1. The number of carbonyl (C=O) groups is 1. The molecule has 3 heterocycles. The molecule has 1 atom stereocenters. The smallest absolute Gasteiger partial charge is 0.304 e. The van der Waals surface area contributed by atoms with Gasteiger partial charge in [-0.1, -0.05) is 29.4 Å². The third kappa shape index (κ3) is 3.84. The molecular weight excluding hydrogens is 444 g/mol. The topological polar surface area (TPSA) is 89.3 Å². The Morgan fingerprint density at radius 3 is 2.80 bits per heavy atom. The zero-order valence-electron chi connectivity index (χ0n) is 16.6. The molecule has 30 heavy (non-hydrogen) atoms. The maximum atomic E-state index is 12.6. The molecule has 0 saturated heterocycles. The fraction of sp³-hybridized carbons (Fsp3) is 0.333. The van der Waals surface area contributed by atoms with Gasteiger partial charge in [-0.2, -0.15) is 0 Å². The van der Waals surface area contributed by atoms with Gasteiger partial charge in [0.25, 0.3) is 0 Å². The minimum absolute atomic E-state index is 0.00720. The van der Waals surface area contributed by atoms with E-state index in [2.05, 4.69) is 4.98 Å². The highest BCUT2D eigenvalue weighted by molar-refractivity contribution is 7.99. The summed E-state index contributed by atoms with van der Waals surface area (Å²) in [6.45, 7) is 2.60. The number of aryl methyl sites for hydroxylation is 2. The van der Waals surface area contributed by atoms with E-state index in [1.165, 1.54) is 30.3 Å². The molecule has 158 valence electrons. The summed E-state index contributed by atoms with van der Waals surface area (Å²) in [5, 5.41) is 10.6. The van der Waals surface area contributed by atoms with Crippen LogP contribution >= 0.6 is 23.4 Å². The predicted octanol–water partition coefficient (Wildman–Crippen LogP) is 4.90. The highest BCUT2D eigenvalue weighted by Crippen LogP contribution is 2.47. The summed E-state index contributed by atoms with van der Waals surface area (Å²) in [5.41, 5.74) is 2.39. The maximum Gasteiger partial charge on any atom is 0.304 e. The van der Waals surface area contributed by atoms with E-state index in [4.69, 9.17) is 11.6 Å². The van der Waals surface area contributed by atoms with Crippen LogP contribution in [0.3, 0.4) is 0 Å². The van der Waals surface area contributed by atoms with Gasteiger partial charge in [-0.25, -0.2) is 13.4 Å². The van der Waals surface area contributed by atoms with Crippen molar-refractivity contribution in [2.45, 2.75) is 53.3 Å². The molecule has 6 nitrogen and oxygen atoms in total. The summed E-state index contributed by atoms with van der Waals surface area (Å²) in [4.78, 5) is 17.8. The summed E-state index contributed by atoms with van der Waals surface area (Å²) in [7, 11) is -3.51. The van der Waals surface area contributed by atoms with Gasteiger partial charge in [0.05, 0.1) is 16.7 Å². The van der Waals surface area contributed by atoms with E-state index in [1.807, 2.05) is 29.7 Å². The second-order valence-corrected chi connectivity index (χ2v) is 11.1. The van der Waals surface area contributed by atoms with Crippen LogP contribution < -0.4 is 0 Å². The highest BCUT2D eigenvalue weighted by atomic mass is 35.5. The Labute approximate surface area is 184 Å². The van der Waals surface area contributed by atoms with Crippen LogP contribution in [-0.2, 0) is 21.2 Å². The molecule has 0 fully saturated rings. The average Bonchev–Trinajstić information content (AvgIpc) is 2.98. The summed E-state index contributed by atoms with van der Waals surface area (Å²) >= 11 is 7.73. The molecule has 0 bridgehead atoms. The van der Waals surface area contributed by atoms with Gasteiger partial charge in [0.1, 0.15) is 5.65 Å². The molecule has 1 aromatic carbocycles. The molecule has 1 aliphatic rings. The third-order valence-corrected chi connectivity index (χ3v) is 8.06. The second kappa shape index (κ2) is 7.90. The van der Waals surface area contributed by atoms with Gasteiger partial charge in [-0.05, 0) is 43.5 Å². The van der Waals surface area contributed by atoms with Crippen LogP contribution in [0.5, 0.6) is 0 Å². The van der Waals surface area contributed by atoms with Crippen molar-refractivity contribution in [3.63, 3.8) is 0 Å². The standard InChI is InChI=1S/C21H21ClN2O4S2/c1-12-5-6-14(11-15(12)22)29-20-18-16(30(2,27)28)7-8-23-21(18)24-9-3-4-13(19(20)24)10-17(25)26/h5-8,11,13H,3-4,9-10H2,1-2H3,(H,25,26). The van der Waals surface area contributed by atoms with Gasteiger partial charge in [0.15, 0.2) is 9.84 Å². The largest absolute Gasteiger partial charge is 0.481 e. The lowest BCUT2D eigenvalue weighted by atomic mass is 9.93. The lowest BCUT2D eigenvalue weighted by molar-refractivity contribution is -0.137. The Kier molecular flexibility index (Phi) is 5.59. The normalized spacial score (nSPS) is 16.6. The van der Waals surface area contributed by atoms with Crippen molar-refractivity contribution >= 4 is 50.2 Å². The first-order chi connectivity index (χ1) is 14.2. The zero-order chi connectivity index (χ0) is 21.6. The summed E-state index contributed by atoms with van der Waals surface area (Å²) < 4.78 is 27.1. The van der Waals surface area contributed by atoms with Crippen LogP contribution in [-0.4, -0.2) is 35.3 Å². The maximum absolute atomic E-state index is 12.6. The van der Waals surface area contributed by atoms with Crippen LogP contribution in [0.4, 0.5) is 0 Å². The number of halogens is 1. The summed E-state index contributed by atoms with van der Waals surface area (Å²) in [6, 6.07) is 7.22. The number of rotatable bonds is 5. The number of hydrogen-bond donors (Lipinski definition) is 1. The van der Waals surface area contributed by atoms with E-state index in [0.717, 1.165) is 33.9 Å². The van der Waals surface area contributed by atoms with Gasteiger partial charge in [-0.3, -0.25) is 4.79 Å². The van der Waals surface area contributed by atoms with E-state index in [0.29, 0.717) is 22.6 Å². The first-order valence-electron chi connectivity index (χ1n) is 9.53. The van der Waals surface area contributed by atoms with Crippen molar-refractivity contribution in [3.05, 3.63) is 46.7 Å². The number of nitrogens with zero attached hydrogens (tertiary/aromatic N) is 2. The Morgan fingerprint density at radius 1 is 1.37 bits per heavy atom. The number of hydrogen-bond acceptors (Lipinski definition) is 5. The Hall–Kier alpha value is -2.03. The fourth-order valence-electron chi connectivity index (χ4n) is 4.06. The molecule has 1 aliphatic heterocycles. The highest BCUT2D eigenvalue weighted by Gasteiger charge is 2.32.